The first kappa shape index (κ1) is 13.1. The van der Waals surface area contributed by atoms with Gasteiger partial charge in [-0.1, -0.05) is 19.1 Å². The van der Waals surface area contributed by atoms with Crippen molar-refractivity contribution in [3.8, 4) is 0 Å². The van der Waals surface area contributed by atoms with Crippen molar-refractivity contribution in [2.45, 2.75) is 26.7 Å². The third kappa shape index (κ3) is 2.43. The first-order valence-corrected chi connectivity index (χ1v) is 6.78. The maximum atomic E-state index is 10.8. The molecule has 1 aromatic heterocycles. The molecule has 1 heterocycles. The summed E-state index contributed by atoms with van der Waals surface area (Å²) in [5.41, 5.74) is 3.43. The molecule has 0 saturated heterocycles. The minimum Gasteiger partial charge on any atom is -0.481 e. The molecule has 0 aliphatic heterocycles. The fraction of sp³-hybridized carbons (Fsp3) is 0.357. The quantitative estimate of drug-likeness (QED) is 0.900. The predicted octanol–water partition coefficient (Wildman–Crippen LogP) is 3.89. The van der Waals surface area contributed by atoms with E-state index in [1.54, 1.807) is 6.92 Å². The number of fused-ring (bicyclic) bond motifs is 1. The van der Waals surface area contributed by atoms with E-state index in [0.717, 1.165) is 22.1 Å². The van der Waals surface area contributed by atoms with Crippen molar-refractivity contribution in [3.05, 3.63) is 33.9 Å². The van der Waals surface area contributed by atoms with Crippen LogP contribution in [0.4, 0.5) is 0 Å². The van der Waals surface area contributed by atoms with Crippen LogP contribution in [0.2, 0.25) is 0 Å². The molecule has 3 nitrogen and oxygen atoms in total. The zero-order valence-corrected chi connectivity index (χ0v) is 12.0. The van der Waals surface area contributed by atoms with Crippen LogP contribution in [-0.2, 0) is 11.2 Å². The van der Waals surface area contributed by atoms with E-state index < -0.39 is 5.97 Å². The third-order valence-corrected chi connectivity index (χ3v) is 4.01. The van der Waals surface area contributed by atoms with E-state index in [2.05, 4.69) is 27.0 Å². The number of nitrogens with one attached hydrogen (secondary N) is 1. The molecular weight excluding hydrogens is 294 g/mol. The number of aromatic amines is 1. The Balaban J connectivity index is 2.31. The average Bonchev–Trinajstić information content (AvgIpc) is 2.64. The number of carboxylic acid groups (broad SMARTS) is 1. The maximum absolute atomic E-state index is 10.8. The van der Waals surface area contributed by atoms with E-state index in [-0.39, 0.29) is 5.92 Å². The highest BCUT2D eigenvalue weighted by Crippen LogP contribution is 2.29. The Hall–Kier alpha value is -1.29. The fourth-order valence-electron chi connectivity index (χ4n) is 2.17. The number of halogens is 1. The van der Waals surface area contributed by atoms with Gasteiger partial charge in [0.1, 0.15) is 0 Å². The lowest BCUT2D eigenvalue weighted by Crippen LogP contribution is -2.10. The van der Waals surface area contributed by atoms with Crippen molar-refractivity contribution >= 4 is 32.8 Å². The summed E-state index contributed by atoms with van der Waals surface area (Å²) in [6.07, 6.45) is 1.45. The number of para-hydroxylation sites is 1. The maximum Gasteiger partial charge on any atom is 0.306 e. The molecule has 0 aliphatic carbocycles. The highest BCUT2D eigenvalue weighted by molar-refractivity contribution is 9.10. The molecule has 1 atom stereocenters. The summed E-state index contributed by atoms with van der Waals surface area (Å²) >= 11 is 3.52. The van der Waals surface area contributed by atoms with Crippen LogP contribution in [-0.4, -0.2) is 16.1 Å². The number of carboxylic acids is 1. The molecule has 1 aromatic carbocycles. The zero-order valence-electron chi connectivity index (χ0n) is 10.5. The van der Waals surface area contributed by atoms with Gasteiger partial charge in [-0.25, -0.2) is 0 Å². The van der Waals surface area contributed by atoms with E-state index in [1.807, 2.05) is 19.1 Å². The number of H-pyrrole nitrogens is 1. The van der Waals surface area contributed by atoms with Gasteiger partial charge in [-0.3, -0.25) is 4.79 Å². The van der Waals surface area contributed by atoms with E-state index in [9.17, 15) is 4.79 Å². The first-order valence-electron chi connectivity index (χ1n) is 5.99. The summed E-state index contributed by atoms with van der Waals surface area (Å²) in [6.45, 7) is 3.79. The predicted molar refractivity (Wildman–Crippen MR) is 75.9 cm³/mol. The molecule has 4 heteroatoms. The topological polar surface area (TPSA) is 53.1 Å². The fourth-order valence-corrected chi connectivity index (χ4v) is 2.64. The van der Waals surface area contributed by atoms with Gasteiger partial charge in [0.2, 0.25) is 0 Å². The van der Waals surface area contributed by atoms with Gasteiger partial charge in [0.25, 0.3) is 0 Å². The number of hydrogen-bond donors (Lipinski definition) is 2. The lowest BCUT2D eigenvalue weighted by Gasteiger charge is -2.06. The molecule has 2 N–H and O–H groups in total. The Labute approximate surface area is 114 Å². The molecule has 0 spiro atoms. The van der Waals surface area contributed by atoms with Crippen LogP contribution < -0.4 is 0 Å². The van der Waals surface area contributed by atoms with E-state index in [1.165, 1.54) is 10.9 Å². The Kier molecular flexibility index (Phi) is 3.76. The van der Waals surface area contributed by atoms with Gasteiger partial charge in [-0.2, -0.15) is 0 Å². The normalized spacial score (nSPS) is 12.8. The lowest BCUT2D eigenvalue weighted by atomic mass is 9.99. The Bertz CT molecular complexity index is 589. The number of hydrogen-bond acceptors (Lipinski definition) is 1. The molecule has 0 radical (unpaired) electrons. The van der Waals surface area contributed by atoms with Crippen molar-refractivity contribution in [2.24, 2.45) is 5.92 Å². The lowest BCUT2D eigenvalue weighted by molar-refractivity contribution is -0.141. The van der Waals surface area contributed by atoms with Crippen molar-refractivity contribution in [1.29, 1.82) is 0 Å². The van der Waals surface area contributed by atoms with Crippen LogP contribution in [0, 0.1) is 12.8 Å². The highest BCUT2D eigenvalue weighted by Gasteiger charge is 2.14. The molecular formula is C14H16BrNO2. The van der Waals surface area contributed by atoms with Crippen molar-refractivity contribution in [1.82, 2.24) is 4.98 Å². The minimum absolute atomic E-state index is 0.304. The summed E-state index contributed by atoms with van der Waals surface area (Å²) in [5.74, 6) is -1.03. The van der Waals surface area contributed by atoms with Crippen LogP contribution in [0.1, 0.15) is 24.6 Å². The molecule has 1 unspecified atom stereocenters. The van der Waals surface area contributed by atoms with E-state index >= 15 is 0 Å². The van der Waals surface area contributed by atoms with Gasteiger partial charge in [0.15, 0.2) is 0 Å². The second-order valence-electron chi connectivity index (χ2n) is 4.67. The van der Waals surface area contributed by atoms with E-state index in [4.69, 9.17) is 5.11 Å². The zero-order chi connectivity index (χ0) is 13.3. The average molecular weight is 310 g/mol. The molecule has 2 aromatic rings. The highest BCUT2D eigenvalue weighted by atomic mass is 79.9. The van der Waals surface area contributed by atoms with Gasteiger partial charge < -0.3 is 10.1 Å². The summed E-state index contributed by atoms with van der Waals surface area (Å²) in [6, 6.07) is 6.08. The summed E-state index contributed by atoms with van der Waals surface area (Å²) < 4.78 is 1.04. The van der Waals surface area contributed by atoms with Gasteiger partial charge in [0, 0.05) is 15.6 Å². The largest absolute Gasteiger partial charge is 0.481 e. The summed E-state index contributed by atoms with van der Waals surface area (Å²) in [4.78, 5) is 14.2. The SMILES string of the molecule is Cc1[nH]c2c(Br)cccc2c1CCC(C)C(=O)O. The smallest absolute Gasteiger partial charge is 0.306 e. The van der Waals surface area contributed by atoms with Crippen LogP contribution in [0.25, 0.3) is 10.9 Å². The van der Waals surface area contributed by atoms with Crippen LogP contribution in [0.5, 0.6) is 0 Å². The molecule has 0 saturated carbocycles. The van der Waals surface area contributed by atoms with Gasteiger partial charge in [-0.15, -0.1) is 0 Å². The summed E-state index contributed by atoms with van der Waals surface area (Å²) in [5, 5.41) is 10.1. The standard InChI is InChI=1S/C14H16BrNO2/c1-8(14(17)18)6-7-10-9(2)16-13-11(10)4-3-5-12(13)15/h3-5,8,16H,6-7H2,1-2H3,(H,17,18). The second kappa shape index (κ2) is 5.14. The van der Waals surface area contributed by atoms with Crippen molar-refractivity contribution in [3.63, 3.8) is 0 Å². The third-order valence-electron chi connectivity index (χ3n) is 3.35. The molecule has 96 valence electrons. The molecule has 18 heavy (non-hydrogen) atoms. The van der Waals surface area contributed by atoms with Crippen LogP contribution in [0.3, 0.4) is 0 Å². The van der Waals surface area contributed by atoms with E-state index in [0.29, 0.717) is 6.42 Å². The number of carbonyl (C=O) groups is 1. The van der Waals surface area contributed by atoms with Gasteiger partial charge in [-0.05, 0) is 47.3 Å². The minimum atomic E-state index is -0.728. The Morgan fingerprint density at radius 2 is 2.22 bits per heavy atom. The molecule has 0 amide bonds. The van der Waals surface area contributed by atoms with Crippen LogP contribution in [0.15, 0.2) is 22.7 Å². The first-order chi connectivity index (χ1) is 8.50. The molecule has 2 rings (SSSR count). The number of aromatic nitrogens is 1. The summed E-state index contributed by atoms with van der Waals surface area (Å²) in [7, 11) is 0. The number of rotatable bonds is 4. The second-order valence-corrected chi connectivity index (χ2v) is 5.52. The van der Waals surface area contributed by atoms with Crippen molar-refractivity contribution in [2.75, 3.05) is 0 Å². The monoisotopic (exact) mass is 309 g/mol. The van der Waals surface area contributed by atoms with Crippen LogP contribution >= 0.6 is 15.9 Å². The number of aliphatic carboxylic acids is 1. The number of aryl methyl sites for hydroxylation is 2. The number of benzene rings is 1. The van der Waals surface area contributed by atoms with Gasteiger partial charge in [0.05, 0.1) is 11.4 Å². The molecule has 0 aliphatic rings. The van der Waals surface area contributed by atoms with Crippen molar-refractivity contribution < 1.29 is 9.90 Å². The van der Waals surface area contributed by atoms with Gasteiger partial charge >= 0.3 is 5.97 Å². The Morgan fingerprint density at radius 1 is 1.50 bits per heavy atom. The molecule has 0 bridgehead atoms. The molecule has 0 fully saturated rings. The Morgan fingerprint density at radius 3 is 2.89 bits per heavy atom.